The summed E-state index contributed by atoms with van der Waals surface area (Å²) >= 11 is 5.98. The number of hydrogen-bond acceptors (Lipinski definition) is 6. The molecule has 3 rings (SSSR count). The zero-order valence-corrected chi connectivity index (χ0v) is 15.8. The van der Waals surface area contributed by atoms with Crippen molar-refractivity contribution in [1.29, 1.82) is 0 Å². The molecule has 0 fully saturated rings. The summed E-state index contributed by atoms with van der Waals surface area (Å²) in [5.74, 6) is 0.00271. The minimum absolute atomic E-state index is 0.116. The highest BCUT2D eigenvalue weighted by atomic mass is 35.5. The molecule has 0 saturated carbocycles. The Morgan fingerprint density at radius 1 is 1.18 bits per heavy atom. The van der Waals surface area contributed by atoms with Gasteiger partial charge in [-0.2, -0.15) is 0 Å². The topological polar surface area (TPSA) is 106 Å². The number of amides is 2. The Morgan fingerprint density at radius 3 is 2.71 bits per heavy atom. The molecule has 0 saturated heterocycles. The van der Waals surface area contributed by atoms with Crippen molar-refractivity contribution >= 4 is 29.1 Å². The fourth-order valence-electron chi connectivity index (χ4n) is 2.62. The maximum Gasteiger partial charge on any atom is 0.313 e. The number of fused-ring (bicyclic) bond motifs is 1. The molecule has 2 aromatic rings. The fourth-order valence-corrected chi connectivity index (χ4v) is 2.88. The van der Waals surface area contributed by atoms with Crippen LogP contribution < -0.4 is 24.8 Å². The second-order valence-corrected chi connectivity index (χ2v) is 6.38. The van der Waals surface area contributed by atoms with Gasteiger partial charge in [-0.25, -0.2) is 0 Å². The highest BCUT2D eigenvalue weighted by Crippen LogP contribution is 2.34. The number of rotatable bonds is 6. The van der Waals surface area contributed by atoms with Crippen LogP contribution in [0, 0.1) is 0 Å². The zero-order valence-electron chi connectivity index (χ0n) is 15.0. The molecule has 0 unspecified atom stereocenters. The molecule has 0 aromatic heterocycles. The Balaban J connectivity index is 1.47. The number of aliphatic hydroxyl groups is 1. The van der Waals surface area contributed by atoms with E-state index in [0.717, 1.165) is 0 Å². The molecular weight excluding hydrogens is 388 g/mol. The summed E-state index contributed by atoms with van der Waals surface area (Å²) in [6.45, 7) is 0.269. The Bertz CT molecular complexity index is 889. The summed E-state index contributed by atoms with van der Waals surface area (Å²) in [6.07, 6.45) is -0.592. The van der Waals surface area contributed by atoms with Crippen molar-refractivity contribution in [2.75, 3.05) is 25.8 Å². The minimum Gasteiger partial charge on any atom is -0.495 e. The molecule has 1 aliphatic rings. The van der Waals surface area contributed by atoms with Crippen molar-refractivity contribution in [3.63, 3.8) is 0 Å². The maximum atomic E-state index is 12.0. The van der Waals surface area contributed by atoms with Crippen LogP contribution in [0.4, 0.5) is 5.69 Å². The summed E-state index contributed by atoms with van der Waals surface area (Å²) in [7, 11) is 1.48. The Morgan fingerprint density at radius 2 is 1.96 bits per heavy atom. The van der Waals surface area contributed by atoms with Crippen LogP contribution in [0.3, 0.4) is 0 Å². The molecule has 148 valence electrons. The molecule has 0 radical (unpaired) electrons. The van der Waals surface area contributed by atoms with Crippen LogP contribution in [-0.4, -0.2) is 37.4 Å². The van der Waals surface area contributed by atoms with E-state index in [1.165, 1.54) is 13.2 Å². The van der Waals surface area contributed by atoms with Gasteiger partial charge in [0.05, 0.1) is 18.2 Å². The Hall–Kier alpha value is -2.97. The largest absolute Gasteiger partial charge is 0.495 e. The van der Waals surface area contributed by atoms with E-state index in [4.69, 9.17) is 25.8 Å². The van der Waals surface area contributed by atoms with Crippen LogP contribution >= 0.6 is 11.6 Å². The molecule has 1 aliphatic heterocycles. The number of hydrogen-bond donors (Lipinski definition) is 3. The van der Waals surface area contributed by atoms with E-state index in [2.05, 4.69) is 10.6 Å². The summed E-state index contributed by atoms with van der Waals surface area (Å²) in [4.78, 5) is 23.9. The lowest BCUT2D eigenvalue weighted by Gasteiger charge is -2.12. The lowest BCUT2D eigenvalue weighted by atomic mass is 10.1. The molecule has 2 aromatic carbocycles. The predicted molar refractivity (Wildman–Crippen MR) is 102 cm³/mol. The number of carbonyl (C=O) groups is 2. The second-order valence-electron chi connectivity index (χ2n) is 5.98. The molecule has 0 spiro atoms. The summed E-state index contributed by atoms with van der Waals surface area (Å²) in [5.41, 5.74) is 1.00. The molecule has 1 heterocycles. The smallest absolute Gasteiger partial charge is 0.313 e. The van der Waals surface area contributed by atoms with E-state index in [0.29, 0.717) is 33.5 Å². The van der Waals surface area contributed by atoms with Crippen LogP contribution in [-0.2, 0) is 9.59 Å². The Labute approximate surface area is 166 Å². The summed E-state index contributed by atoms with van der Waals surface area (Å²) in [5, 5.41) is 15.5. The number of benzene rings is 2. The lowest BCUT2D eigenvalue weighted by molar-refractivity contribution is -0.136. The van der Waals surface area contributed by atoms with Gasteiger partial charge < -0.3 is 30.0 Å². The van der Waals surface area contributed by atoms with Gasteiger partial charge in [-0.05, 0) is 42.3 Å². The number of ether oxygens (including phenoxy) is 3. The first-order valence-corrected chi connectivity index (χ1v) is 8.86. The van der Waals surface area contributed by atoms with E-state index >= 15 is 0 Å². The minimum atomic E-state index is -0.834. The number of anilines is 1. The SMILES string of the molecule is COc1ccc(NC(=O)C(=O)NCC[C@H](O)c2ccc3c(c2)OCO3)cc1Cl. The molecular formula is C19H19ClN2O6. The molecule has 1 atom stereocenters. The van der Waals surface area contributed by atoms with E-state index in [1.54, 1.807) is 30.3 Å². The lowest BCUT2D eigenvalue weighted by Crippen LogP contribution is -2.36. The molecule has 28 heavy (non-hydrogen) atoms. The van der Waals surface area contributed by atoms with E-state index in [9.17, 15) is 14.7 Å². The number of aliphatic hydroxyl groups excluding tert-OH is 1. The van der Waals surface area contributed by atoms with Gasteiger partial charge in [-0.1, -0.05) is 17.7 Å². The van der Waals surface area contributed by atoms with Crippen molar-refractivity contribution in [2.45, 2.75) is 12.5 Å². The van der Waals surface area contributed by atoms with Crippen molar-refractivity contribution in [2.24, 2.45) is 0 Å². The van der Waals surface area contributed by atoms with Gasteiger partial charge >= 0.3 is 11.8 Å². The third-order valence-electron chi connectivity index (χ3n) is 4.10. The van der Waals surface area contributed by atoms with Crippen molar-refractivity contribution in [3.8, 4) is 17.2 Å². The number of nitrogens with one attached hydrogen (secondary N) is 2. The summed E-state index contributed by atoms with van der Waals surface area (Å²) < 4.78 is 15.5. The van der Waals surface area contributed by atoms with Crippen LogP contribution in [0.2, 0.25) is 5.02 Å². The maximum absolute atomic E-state index is 12.0. The third-order valence-corrected chi connectivity index (χ3v) is 4.40. The number of halogens is 1. The quantitative estimate of drug-likeness (QED) is 0.635. The van der Waals surface area contributed by atoms with Crippen molar-refractivity contribution in [3.05, 3.63) is 47.0 Å². The average molecular weight is 407 g/mol. The molecule has 2 amide bonds. The van der Waals surface area contributed by atoms with E-state index in [1.807, 2.05) is 0 Å². The monoisotopic (exact) mass is 406 g/mol. The normalized spacial score (nSPS) is 13.0. The second kappa shape index (κ2) is 8.81. The first-order chi connectivity index (χ1) is 13.5. The van der Waals surface area contributed by atoms with Crippen molar-refractivity contribution in [1.82, 2.24) is 5.32 Å². The van der Waals surface area contributed by atoms with E-state index < -0.39 is 17.9 Å². The van der Waals surface area contributed by atoms with Gasteiger partial charge in [0.2, 0.25) is 6.79 Å². The highest BCUT2D eigenvalue weighted by Gasteiger charge is 2.18. The van der Waals surface area contributed by atoms with Gasteiger partial charge in [0.1, 0.15) is 5.75 Å². The van der Waals surface area contributed by atoms with Crippen LogP contribution in [0.5, 0.6) is 17.2 Å². The highest BCUT2D eigenvalue weighted by molar-refractivity contribution is 6.40. The molecule has 9 heteroatoms. The van der Waals surface area contributed by atoms with Crippen LogP contribution in [0.25, 0.3) is 0 Å². The van der Waals surface area contributed by atoms with Gasteiger partial charge in [0.25, 0.3) is 0 Å². The van der Waals surface area contributed by atoms with E-state index in [-0.39, 0.29) is 19.8 Å². The first kappa shape index (κ1) is 19.8. The van der Waals surface area contributed by atoms with Crippen LogP contribution in [0.15, 0.2) is 36.4 Å². The molecule has 0 aliphatic carbocycles. The zero-order chi connectivity index (χ0) is 20.1. The fraction of sp³-hybridized carbons (Fsp3) is 0.263. The average Bonchev–Trinajstić information content (AvgIpc) is 3.15. The molecule has 0 bridgehead atoms. The third kappa shape index (κ3) is 4.65. The molecule has 8 nitrogen and oxygen atoms in total. The first-order valence-electron chi connectivity index (χ1n) is 8.48. The number of methoxy groups -OCH3 is 1. The molecule has 3 N–H and O–H groups in total. The van der Waals surface area contributed by atoms with Crippen molar-refractivity contribution < 1.29 is 28.9 Å². The Kier molecular flexibility index (Phi) is 6.23. The van der Waals surface area contributed by atoms with Gasteiger partial charge in [-0.15, -0.1) is 0 Å². The standard InChI is InChI=1S/C19H19ClN2O6/c1-26-15-5-3-12(9-13(15)20)22-19(25)18(24)21-7-6-14(23)11-2-4-16-17(8-11)28-10-27-16/h2-5,8-9,14,23H,6-7,10H2,1H3,(H,21,24)(H,22,25)/t14-/m0/s1. The van der Waals surface area contributed by atoms with Gasteiger partial charge in [-0.3, -0.25) is 9.59 Å². The predicted octanol–water partition coefficient (Wildman–Crippen LogP) is 2.26. The number of carbonyl (C=O) groups excluding carboxylic acids is 2. The van der Waals surface area contributed by atoms with Crippen LogP contribution in [0.1, 0.15) is 18.1 Å². The van der Waals surface area contributed by atoms with Gasteiger partial charge in [0.15, 0.2) is 11.5 Å². The van der Waals surface area contributed by atoms with Gasteiger partial charge in [0, 0.05) is 12.2 Å². The summed E-state index contributed by atoms with van der Waals surface area (Å²) in [6, 6.07) is 9.76.